The lowest BCUT2D eigenvalue weighted by atomic mass is 10.1. The number of nitrogens with one attached hydrogen (secondary N) is 2. The molecule has 110 valence electrons. The van der Waals surface area contributed by atoms with Gasteiger partial charge in [-0.25, -0.2) is 9.97 Å². The molecule has 20 heavy (non-hydrogen) atoms. The summed E-state index contributed by atoms with van der Waals surface area (Å²) in [6, 6.07) is 2.37. The van der Waals surface area contributed by atoms with Crippen LogP contribution in [0.2, 0.25) is 0 Å². The molecule has 3 rings (SSSR count). The smallest absolute Gasteiger partial charge is 0.131 e. The number of aromatic nitrogens is 2. The molecule has 6 heteroatoms. The second-order valence-electron chi connectivity index (χ2n) is 5.36. The van der Waals surface area contributed by atoms with Crippen LogP contribution in [0.25, 0.3) is 0 Å². The summed E-state index contributed by atoms with van der Waals surface area (Å²) in [5.41, 5.74) is 0. The molecular weight excluding hydrogens is 272 g/mol. The molecule has 2 aliphatic rings. The maximum atomic E-state index is 5.48. The summed E-state index contributed by atoms with van der Waals surface area (Å²) in [7, 11) is 0. The van der Waals surface area contributed by atoms with E-state index in [1.807, 2.05) is 6.07 Å². The van der Waals surface area contributed by atoms with Crippen LogP contribution in [0.5, 0.6) is 0 Å². The average molecular weight is 294 g/mol. The van der Waals surface area contributed by atoms with Crippen molar-refractivity contribution in [1.82, 2.24) is 9.97 Å². The molecule has 2 atom stereocenters. The van der Waals surface area contributed by atoms with Crippen molar-refractivity contribution in [2.24, 2.45) is 0 Å². The minimum absolute atomic E-state index is 0.372. The minimum Gasteiger partial charge on any atom is -0.379 e. The molecule has 0 aliphatic carbocycles. The van der Waals surface area contributed by atoms with Gasteiger partial charge in [0.2, 0.25) is 0 Å². The summed E-state index contributed by atoms with van der Waals surface area (Å²) in [6.07, 6.45) is 6.54. The van der Waals surface area contributed by atoms with Crippen molar-refractivity contribution in [3.8, 4) is 0 Å². The van der Waals surface area contributed by atoms with Gasteiger partial charge in [0.25, 0.3) is 0 Å². The van der Waals surface area contributed by atoms with Crippen LogP contribution in [-0.4, -0.2) is 46.8 Å². The first kappa shape index (κ1) is 13.9. The van der Waals surface area contributed by atoms with Crippen molar-refractivity contribution in [2.45, 2.75) is 37.0 Å². The predicted octanol–water partition coefficient (Wildman–Crippen LogP) is 2.38. The van der Waals surface area contributed by atoms with Crippen molar-refractivity contribution in [3.63, 3.8) is 0 Å². The molecule has 0 radical (unpaired) electrons. The van der Waals surface area contributed by atoms with E-state index in [9.17, 15) is 0 Å². The van der Waals surface area contributed by atoms with Crippen LogP contribution >= 0.6 is 11.8 Å². The third kappa shape index (κ3) is 3.99. The van der Waals surface area contributed by atoms with E-state index in [4.69, 9.17) is 4.74 Å². The van der Waals surface area contributed by atoms with E-state index < -0.39 is 0 Å². The third-order valence-corrected chi connectivity index (χ3v) is 5.11. The van der Waals surface area contributed by atoms with Crippen LogP contribution in [0.15, 0.2) is 12.4 Å². The normalized spacial score (nSPS) is 26.4. The topological polar surface area (TPSA) is 59.1 Å². The molecule has 2 fully saturated rings. The number of hydrogen-bond acceptors (Lipinski definition) is 6. The highest BCUT2D eigenvalue weighted by Gasteiger charge is 2.16. The number of ether oxygens (including phenoxy) is 1. The third-order valence-electron chi connectivity index (χ3n) is 3.71. The number of anilines is 2. The van der Waals surface area contributed by atoms with Crippen LogP contribution in [0.3, 0.4) is 0 Å². The second-order valence-corrected chi connectivity index (χ2v) is 6.77. The molecule has 0 spiro atoms. The SMILES string of the molecule is c1nc(NC[C@@H]2CCCS2)cc(N[C@@H]2CCCOC2)n1. The Morgan fingerprint density at radius 1 is 1.25 bits per heavy atom. The molecule has 0 bridgehead atoms. The van der Waals surface area contributed by atoms with Gasteiger partial charge in [-0.05, 0) is 31.4 Å². The standard InChI is InChI=1S/C14H22N4OS/c1-3-11(9-19-5-1)18-14-7-13(16-10-17-14)15-8-12-4-2-6-20-12/h7,10-12H,1-6,8-9H2,(H2,15,16,17,18)/t11-,12+/m1/s1. The molecule has 2 saturated heterocycles. The Kier molecular flexibility index (Phi) is 4.97. The first-order valence-electron chi connectivity index (χ1n) is 7.42. The van der Waals surface area contributed by atoms with E-state index in [1.165, 1.54) is 18.6 Å². The van der Waals surface area contributed by atoms with Crippen molar-refractivity contribution in [3.05, 3.63) is 12.4 Å². The zero-order chi connectivity index (χ0) is 13.6. The van der Waals surface area contributed by atoms with Crippen molar-refractivity contribution < 1.29 is 4.74 Å². The van der Waals surface area contributed by atoms with Gasteiger partial charge in [0, 0.05) is 24.5 Å². The lowest BCUT2D eigenvalue weighted by molar-refractivity contribution is 0.0875. The maximum absolute atomic E-state index is 5.48. The Morgan fingerprint density at radius 3 is 3.00 bits per heavy atom. The number of rotatable bonds is 5. The molecular formula is C14H22N4OS. The number of thioether (sulfide) groups is 1. The van der Waals surface area contributed by atoms with E-state index in [1.54, 1.807) is 6.33 Å². The largest absolute Gasteiger partial charge is 0.379 e. The second kappa shape index (κ2) is 7.13. The zero-order valence-electron chi connectivity index (χ0n) is 11.7. The highest BCUT2D eigenvalue weighted by molar-refractivity contribution is 8.00. The summed E-state index contributed by atoms with van der Waals surface area (Å²) in [4.78, 5) is 8.58. The Balaban J connectivity index is 1.51. The molecule has 5 nitrogen and oxygen atoms in total. The highest BCUT2D eigenvalue weighted by atomic mass is 32.2. The first-order valence-corrected chi connectivity index (χ1v) is 8.47. The van der Waals surface area contributed by atoms with Gasteiger partial charge < -0.3 is 15.4 Å². The summed E-state index contributed by atoms with van der Waals surface area (Å²) in [5.74, 6) is 3.09. The molecule has 3 heterocycles. The fourth-order valence-electron chi connectivity index (χ4n) is 2.62. The Hall–Kier alpha value is -1.01. The zero-order valence-corrected chi connectivity index (χ0v) is 12.5. The Morgan fingerprint density at radius 2 is 2.20 bits per heavy atom. The van der Waals surface area contributed by atoms with E-state index in [-0.39, 0.29) is 0 Å². The lowest BCUT2D eigenvalue weighted by Crippen LogP contribution is -2.30. The van der Waals surface area contributed by atoms with Gasteiger partial charge in [-0.15, -0.1) is 0 Å². The van der Waals surface area contributed by atoms with Crippen LogP contribution in [0.1, 0.15) is 25.7 Å². The number of hydrogen-bond donors (Lipinski definition) is 2. The summed E-state index contributed by atoms with van der Waals surface area (Å²) < 4.78 is 5.48. The Labute approximate surface area is 124 Å². The van der Waals surface area contributed by atoms with Crippen LogP contribution in [-0.2, 0) is 4.74 Å². The van der Waals surface area contributed by atoms with E-state index in [0.29, 0.717) is 6.04 Å². The summed E-state index contributed by atoms with van der Waals surface area (Å²) >= 11 is 2.06. The number of nitrogens with zero attached hydrogens (tertiary/aromatic N) is 2. The monoisotopic (exact) mass is 294 g/mol. The van der Waals surface area contributed by atoms with Crippen molar-refractivity contribution >= 4 is 23.4 Å². The fraction of sp³-hybridized carbons (Fsp3) is 0.714. The van der Waals surface area contributed by atoms with Gasteiger partial charge in [-0.2, -0.15) is 11.8 Å². The van der Waals surface area contributed by atoms with Gasteiger partial charge in [-0.1, -0.05) is 0 Å². The Bertz CT molecular complexity index is 419. The molecule has 2 N–H and O–H groups in total. The molecule has 0 aromatic carbocycles. The van der Waals surface area contributed by atoms with Gasteiger partial charge in [0.1, 0.15) is 18.0 Å². The molecule has 2 aliphatic heterocycles. The van der Waals surface area contributed by atoms with Gasteiger partial charge in [0.15, 0.2) is 0 Å². The molecule has 0 unspecified atom stereocenters. The lowest BCUT2D eigenvalue weighted by Gasteiger charge is -2.23. The van der Waals surface area contributed by atoms with Crippen molar-refractivity contribution in [1.29, 1.82) is 0 Å². The highest BCUT2D eigenvalue weighted by Crippen LogP contribution is 2.26. The van der Waals surface area contributed by atoms with Gasteiger partial charge in [-0.3, -0.25) is 0 Å². The molecule has 0 amide bonds. The quantitative estimate of drug-likeness (QED) is 0.869. The van der Waals surface area contributed by atoms with Crippen LogP contribution in [0, 0.1) is 0 Å². The average Bonchev–Trinajstić information content (AvgIpc) is 3.00. The molecule has 0 saturated carbocycles. The predicted molar refractivity (Wildman–Crippen MR) is 83.5 cm³/mol. The van der Waals surface area contributed by atoms with E-state index >= 15 is 0 Å². The minimum atomic E-state index is 0.372. The van der Waals surface area contributed by atoms with Crippen molar-refractivity contribution in [2.75, 3.05) is 36.1 Å². The van der Waals surface area contributed by atoms with Crippen LogP contribution < -0.4 is 10.6 Å². The van der Waals surface area contributed by atoms with Gasteiger partial charge >= 0.3 is 0 Å². The van der Waals surface area contributed by atoms with Crippen LogP contribution in [0.4, 0.5) is 11.6 Å². The first-order chi connectivity index (χ1) is 9.90. The summed E-state index contributed by atoms with van der Waals surface area (Å²) in [5, 5.41) is 7.58. The summed E-state index contributed by atoms with van der Waals surface area (Å²) in [6.45, 7) is 2.65. The van der Waals surface area contributed by atoms with Gasteiger partial charge in [0.05, 0.1) is 12.6 Å². The van der Waals surface area contributed by atoms with E-state index in [2.05, 4.69) is 32.4 Å². The molecule has 1 aromatic heterocycles. The van der Waals surface area contributed by atoms with E-state index in [0.717, 1.165) is 49.5 Å². The maximum Gasteiger partial charge on any atom is 0.131 e. The molecule has 1 aromatic rings. The fourth-order valence-corrected chi connectivity index (χ4v) is 3.82.